The number of thioether (sulfide) groups is 1. The van der Waals surface area contributed by atoms with Gasteiger partial charge in [-0.3, -0.25) is 9.59 Å². The van der Waals surface area contributed by atoms with Crippen LogP contribution in [0.5, 0.6) is 5.75 Å². The number of likely N-dealkylation sites (N-methyl/N-ethyl adjacent to an activating group) is 1. The van der Waals surface area contributed by atoms with E-state index in [1.54, 1.807) is 26.2 Å². The molecular weight excluding hydrogens is 416 g/mol. The van der Waals surface area contributed by atoms with Crippen LogP contribution in [0.3, 0.4) is 0 Å². The smallest absolute Gasteiger partial charge is 0.409 e. The summed E-state index contributed by atoms with van der Waals surface area (Å²) in [6.07, 6.45) is 0.735. The molecule has 0 heterocycles. The summed E-state index contributed by atoms with van der Waals surface area (Å²) in [5, 5.41) is 2.10. The molecule has 31 heavy (non-hydrogen) atoms. The third-order valence-corrected chi connectivity index (χ3v) is 5.39. The van der Waals surface area contributed by atoms with Gasteiger partial charge in [0, 0.05) is 20.5 Å². The molecule has 1 unspecified atom stereocenters. The van der Waals surface area contributed by atoms with E-state index in [2.05, 4.69) is 5.32 Å². The predicted octanol–water partition coefficient (Wildman–Crippen LogP) is 2.96. The first-order chi connectivity index (χ1) is 15.0. The minimum atomic E-state index is -0.462. The van der Waals surface area contributed by atoms with Crippen molar-refractivity contribution in [3.8, 4) is 5.75 Å². The van der Waals surface area contributed by atoms with Crippen LogP contribution in [0.25, 0.3) is 0 Å². The number of nitrogens with zero attached hydrogens (tertiary/aromatic N) is 1. The highest BCUT2D eigenvalue weighted by Gasteiger charge is 2.18. The summed E-state index contributed by atoms with van der Waals surface area (Å²) in [7, 11) is 3.22. The third-order valence-electron chi connectivity index (χ3n) is 4.57. The fourth-order valence-electron chi connectivity index (χ4n) is 2.77. The van der Waals surface area contributed by atoms with Gasteiger partial charge in [0.05, 0.1) is 18.4 Å². The summed E-state index contributed by atoms with van der Waals surface area (Å²) < 4.78 is 11.0. The van der Waals surface area contributed by atoms with Crippen molar-refractivity contribution in [1.82, 2.24) is 10.2 Å². The fraction of sp³-hybridized carbons (Fsp3) is 0.348. The van der Waals surface area contributed by atoms with E-state index in [4.69, 9.17) is 9.47 Å². The Labute approximate surface area is 187 Å². The molecule has 2 rings (SSSR count). The van der Waals surface area contributed by atoms with E-state index in [1.807, 2.05) is 42.5 Å². The van der Waals surface area contributed by atoms with E-state index in [9.17, 15) is 14.4 Å². The largest absolute Gasteiger partial charge is 0.492 e. The van der Waals surface area contributed by atoms with Gasteiger partial charge < -0.3 is 19.7 Å². The SMILES string of the molecule is CNC(=O)C(Cc1ccc(OCCN(C)C(=O)OCCc2ccccc2)cc1)SC=O. The van der Waals surface area contributed by atoms with Crippen molar-refractivity contribution < 1.29 is 23.9 Å². The first-order valence-electron chi connectivity index (χ1n) is 9.97. The second-order valence-electron chi connectivity index (χ2n) is 6.80. The normalized spacial score (nSPS) is 11.3. The lowest BCUT2D eigenvalue weighted by molar-refractivity contribution is -0.120. The molecule has 0 fully saturated rings. The number of ether oxygens (including phenoxy) is 2. The van der Waals surface area contributed by atoms with Gasteiger partial charge in [-0.15, -0.1) is 0 Å². The molecule has 0 radical (unpaired) electrons. The van der Waals surface area contributed by atoms with E-state index >= 15 is 0 Å². The van der Waals surface area contributed by atoms with Crippen LogP contribution in [0, 0.1) is 0 Å². The van der Waals surface area contributed by atoms with E-state index in [0.717, 1.165) is 22.9 Å². The lowest BCUT2D eigenvalue weighted by Gasteiger charge is -2.17. The van der Waals surface area contributed by atoms with Crippen LogP contribution in [-0.2, 0) is 27.2 Å². The average Bonchev–Trinajstić information content (AvgIpc) is 2.79. The van der Waals surface area contributed by atoms with Crippen LogP contribution in [0.15, 0.2) is 54.6 Å². The van der Waals surface area contributed by atoms with Crippen molar-refractivity contribution in [2.45, 2.75) is 18.1 Å². The quantitative estimate of drug-likeness (QED) is 0.507. The molecule has 0 saturated carbocycles. The Morgan fingerprint density at radius 1 is 1.06 bits per heavy atom. The Bertz CT molecular complexity index is 830. The minimum absolute atomic E-state index is 0.184. The number of carbonyl (C=O) groups is 3. The van der Waals surface area contributed by atoms with Gasteiger partial charge in [0.25, 0.3) is 0 Å². The highest BCUT2D eigenvalue weighted by atomic mass is 32.2. The van der Waals surface area contributed by atoms with Crippen molar-refractivity contribution >= 4 is 29.4 Å². The molecule has 166 valence electrons. The summed E-state index contributed by atoms with van der Waals surface area (Å²) in [6.45, 7) is 1.04. The van der Waals surface area contributed by atoms with E-state index in [0.29, 0.717) is 44.0 Å². The zero-order valence-corrected chi connectivity index (χ0v) is 18.6. The molecule has 2 aromatic carbocycles. The Hall–Kier alpha value is -3.00. The highest BCUT2D eigenvalue weighted by Crippen LogP contribution is 2.18. The maximum atomic E-state index is 12.0. The summed E-state index contributed by atoms with van der Waals surface area (Å²) in [6, 6.07) is 17.2. The highest BCUT2D eigenvalue weighted by molar-refractivity contribution is 8.13. The molecule has 2 amide bonds. The van der Waals surface area contributed by atoms with Crippen molar-refractivity contribution in [1.29, 1.82) is 0 Å². The molecule has 0 spiro atoms. The molecule has 2 aromatic rings. The first-order valence-corrected chi connectivity index (χ1v) is 10.9. The third kappa shape index (κ3) is 8.72. The van der Waals surface area contributed by atoms with Crippen LogP contribution in [0.1, 0.15) is 11.1 Å². The van der Waals surface area contributed by atoms with Gasteiger partial charge in [0.1, 0.15) is 12.4 Å². The van der Waals surface area contributed by atoms with Crippen molar-refractivity contribution in [3.63, 3.8) is 0 Å². The second kappa shape index (κ2) is 13.3. The zero-order chi connectivity index (χ0) is 22.5. The van der Waals surface area contributed by atoms with Crippen molar-refractivity contribution in [3.05, 3.63) is 65.7 Å². The molecule has 0 aliphatic heterocycles. The lowest BCUT2D eigenvalue weighted by atomic mass is 10.1. The molecule has 7 nitrogen and oxygen atoms in total. The van der Waals surface area contributed by atoms with Crippen LogP contribution >= 0.6 is 11.8 Å². The molecule has 0 saturated heterocycles. The number of hydrogen-bond donors (Lipinski definition) is 1. The van der Waals surface area contributed by atoms with Crippen LogP contribution in [-0.4, -0.2) is 61.6 Å². The molecule has 0 aliphatic carbocycles. The van der Waals surface area contributed by atoms with Gasteiger partial charge in [-0.1, -0.05) is 54.2 Å². The van der Waals surface area contributed by atoms with Crippen LogP contribution in [0.2, 0.25) is 0 Å². The van der Waals surface area contributed by atoms with Gasteiger partial charge in [0.2, 0.25) is 5.91 Å². The maximum Gasteiger partial charge on any atom is 0.409 e. The van der Waals surface area contributed by atoms with Crippen LogP contribution in [0.4, 0.5) is 4.79 Å². The summed E-state index contributed by atoms with van der Waals surface area (Å²) in [5.74, 6) is 0.477. The predicted molar refractivity (Wildman–Crippen MR) is 122 cm³/mol. The van der Waals surface area contributed by atoms with Gasteiger partial charge in [-0.2, -0.15) is 0 Å². The molecule has 8 heteroatoms. The minimum Gasteiger partial charge on any atom is -0.492 e. The van der Waals surface area contributed by atoms with Gasteiger partial charge in [-0.05, 0) is 29.7 Å². The first kappa shape index (κ1) is 24.3. The van der Waals surface area contributed by atoms with Gasteiger partial charge in [-0.25, -0.2) is 4.79 Å². The molecule has 1 N–H and O–H groups in total. The number of hydrogen-bond acceptors (Lipinski definition) is 6. The zero-order valence-electron chi connectivity index (χ0n) is 17.8. The Kier molecular flexibility index (Phi) is 10.4. The molecular formula is C23H28N2O5S. The number of nitrogens with one attached hydrogen (secondary N) is 1. The van der Waals surface area contributed by atoms with Crippen LogP contribution < -0.4 is 10.1 Å². The van der Waals surface area contributed by atoms with Gasteiger partial charge in [0.15, 0.2) is 5.62 Å². The lowest BCUT2D eigenvalue weighted by Crippen LogP contribution is -2.32. The van der Waals surface area contributed by atoms with E-state index < -0.39 is 5.25 Å². The Morgan fingerprint density at radius 3 is 2.42 bits per heavy atom. The molecule has 1 atom stereocenters. The van der Waals surface area contributed by atoms with E-state index in [-0.39, 0.29) is 12.0 Å². The topological polar surface area (TPSA) is 84.9 Å². The fourth-order valence-corrected chi connectivity index (χ4v) is 3.43. The number of rotatable bonds is 12. The second-order valence-corrected chi connectivity index (χ2v) is 7.84. The average molecular weight is 445 g/mol. The monoisotopic (exact) mass is 444 g/mol. The maximum absolute atomic E-state index is 12.0. The molecule has 0 aliphatic rings. The molecule has 0 aromatic heterocycles. The summed E-state index contributed by atoms with van der Waals surface area (Å²) in [4.78, 5) is 36.1. The Balaban J connectivity index is 1.70. The van der Waals surface area contributed by atoms with Gasteiger partial charge >= 0.3 is 6.09 Å². The summed E-state index contributed by atoms with van der Waals surface area (Å²) in [5.41, 5.74) is 2.73. The van der Waals surface area contributed by atoms with Crippen molar-refractivity contribution in [2.24, 2.45) is 0 Å². The standard InChI is InChI=1S/C23H28N2O5S/c1-24-22(27)21(31-17-26)16-19-8-10-20(11-9-19)29-15-13-25(2)23(28)30-14-12-18-6-4-3-5-7-18/h3-11,17,21H,12-16H2,1-2H3,(H,24,27). The Morgan fingerprint density at radius 2 is 1.77 bits per heavy atom. The number of benzene rings is 2. The number of carbonyl (C=O) groups excluding carboxylic acids is 3. The molecule has 0 bridgehead atoms. The van der Waals surface area contributed by atoms with E-state index in [1.165, 1.54) is 4.90 Å². The van der Waals surface area contributed by atoms with Crippen molar-refractivity contribution in [2.75, 3.05) is 33.9 Å². The number of amides is 2. The summed E-state index contributed by atoms with van der Waals surface area (Å²) >= 11 is 0.959.